The predicted molar refractivity (Wildman–Crippen MR) is 175 cm³/mol. The number of rotatable bonds is 3. The zero-order chi connectivity index (χ0) is 29.8. The molecule has 0 fully saturated rings. The first-order valence-electron chi connectivity index (χ1n) is 14.2. The van der Waals surface area contributed by atoms with Crippen molar-refractivity contribution in [2.24, 2.45) is 0 Å². The summed E-state index contributed by atoms with van der Waals surface area (Å²) < 4.78 is 4.34. The Kier molecular flexibility index (Phi) is 5.56. The van der Waals surface area contributed by atoms with Gasteiger partial charge in [-0.05, 0) is 72.3 Å². The highest BCUT2D eigenvalue weighted by Gasteiger charge is 2.20. The zero-order valence-electron chi connectivity index (χ0n) is 23.4. The van der Waals surface area contributed by atoms with Crippen LogP contribution in [0.25, 0.3) is 66.1 Å². The first-order chi connectivity index (χ1) is 21.7. The van der Waals surface area contributed by atoms with E-state index in [1.165, 1.54) is 0 Å². The number of nitrogens with zero attached hydrogens (tertiary/aromatic N) is 5. The molecule has 6 aromatic carbocycles. The Morgan fingerprint density at radius 2 is 1.02 bits per heavy atom. The molecule has 8 rings (SSSR count). The maximum Gasteiger partial charge on any atom is 0.0998 e. The average molecular weight is 560 g/mol. The Labute approximate surface area is 252 Å². The van der Waals surface area contributed by atoms with Crippen LogP contribution in [0, 0.1) is 34.0 Å². The summed E-state index contributed by atoms with van der Waals surface area (Å²) in [6.07, 6.45) is 0. The molecule has 0 aliphatic rings. The fourth-order valence-corrected chi connectivity index (χ4v) is 6.57. The second-order valence-electron chi connectivity index (χ2n) is 10.8. The molecule has 0 bridgehead atoms. The van der Waals surface area contributed by atoms with E-state index in [0.717, 1.165) is 66.1 Å². The molecule has 0 spiro atoms. The SMILES string of the molecule is N#Cc1cc(-c2c(C#N)cccc2-n2c3ccccc3c3ccccc32)cc(-n2c3ccccc3c3cc(C#N)ccc32)c1. The maximum atomic E-state index is 10.4. The molecule has 5 heteroatoms. The van der Waals surface area contributed by atoms with Crippen LogP contribution in [0.4, 0.5) is 0 Å². The van der Waals surface area contributed by atoms with Gasteiger partial charge in [0.2, 0.25) is 0 Å². The molecule has 0 N–H and O–H groups in total. The van der Waals surface area contributed by atoms with Crippen molar-refractivity contribution in [2.45, 2.75) is 0 Å². The topological polar surface area (TPSA) is 81.2 Å². The molecule has 0 radical (unpaired) electrons. The van der Waals surface area contributed by atoms with Gasteiger partial charge in [-0.2, -0.15) is 15.8 Å². The van der Waals surface area contributed by atoms with Gasteiger partial charge in [0.25, 0.3) is 0 Å². The number of hydrogen-bond acceptors (Lipinski definition) is 3. The summed E-state index contributed by atoms with van der Waals surface area (Å²) >= 11 is 0. The summed E-state index contributed by atoms with van der Waals surface area (Å²) in [5.41, 5.74) is 8.77. The first-order valence-corrected chi connectivity index (χ1v) is 14.2. The summed E-state index contributed by atoms with van der Waals surface area (Å²) in [6.45, 7) is 0. The van der Waals surface area contributed by atoms with Crippen molar-refractivity contribution >= 4 is 43.6 Å². The van der Waals surface area contributed by atoms with Crippen LogP contribution in [0.1, 0.15) is 16.7 Å². The van der Waals surface area contributed by atoms with Gasteiger partial charge in [-0.15, -0.1) is 0 Å². The predicted octanol–water partition coefficient (Wildman–Crippen LogP) is 9.16. The van der Waals surface area contributed by atoms with Gasteiger partial charge in [0.15, 0.2) is 0 Å². The fraction of sp³-hybridized carbons (Fsp3) is 0. The van der Waals surface area contributed by atoms with Crippen LogP contribution >= 0.6 is 0 Å². The fourth-order valence-electron chi connectivity index (χ4n) is 6.57. The van der Waals surface area contributed by atoms with Crippen molar-refractivity contribution in [3.63, 3.8) is 0 Å². The molecular formula is C39H21N5. The van der Waals surface area contributed by atoms with Crippen molar-refractivity contribution in [1.82, 2.24) is 9.13 Å². The zero-order valence-corrected chi connectivity index (χ0v) is 23.4. The van der Waals surface area contributed by atoms with Crippen LogP contribution in [-0.2, 0) is 0 Å². The van der Waals surface area contributed by atoms with Gasteiger partial charge in [-0.3, -0.25) is 0 Å². The highest BCUT2D eigenvalue weighted by Crippen LogP contribution is 2.40. The smallest absolute Gasteiger partial charge is 0.0998 e. The molecule has 2 aromatic heterocycles. The molecule has 0 saturated heterocycles. The number of nitriles is 3. The van der Waals surface area contributed by atoms with Gasteiger partial charge < -0.3 is 9.13 Å². The van der Waals surface area contributed by atoms with Crippen LogP contribution in [0.5, 0.6) is 0 Å². The average Bonchev–Trinajstić information content (AvgIpc) is 3.60. The minimum atomic E-state index is 0.484. The minimum absolute atomic E-state index is 0.484. The maximum absolute atomic E-state index is 10.4. The second-order valence-corrected chi connectivity index (χ2v) is 10.8. The van der Waals surface area contributed by atoms with Crippen molar-refractivity contribution < 1.29 is 0 Å². The molecular weight excluding hydrogens is 538 g/mol. The lowest BCUT2D eigenvalue weighted by atomic mass is 9.95. The van der Waals surface area contributed by atoms with Gasteiger partial charge in [-0.25, -0.2) is 0 Å². The van der Waals surface area contributed by atoms with Crippen LogP contribution in [0.2, 0.25) is 0 Å². The molecule has 0 atom stereocenters. The third kappa shape index (κ3) is 3.63. The van der Waals surface area contributed by atoms with Gasteiger partial charge in [-0.1, -0.05) is 60.7 Å². The van der Waals surface area contributed by atoms with E-state index in [2.05, 4.69) is 63.7 Å². The quantitative estimate of drug-likeness (QED) is 0.216. The van der Waals surface area contributed by atoms with Gasteiger partial charge in [0.05, 0.1) is 62.7 Å². The second kappa shape index (κ2) is 9.74. The highest BCUT2D eigenvalue weighted by atomic mass is 15.0. The molecule has 0 aliphatic carbocycles. The van der Waals surface area contributed by atoms with E-state index < -0.39 is 0 Å². The number of aromatic nitrogens is 2. The van der Waals surface area contributed by atoms with E-state index in [-0.39, 0.29) is 0 Å². The molecule has 0 aliphatic heterocycles. The third-order valence-electron chi connectivity index (χ3n) is 8.38. The molecule has 202 valence electrons. The lowest BCUT2D eigenvalue weighted by molar-refractivity contribution is 1.16. The highest BCUT2D eigenvalue weighted by molar-refractivity contribution is 6.11. The number of hydrogen-bond donors (Lipinski definition) is 0. The van der Waals surface area contributed by atoms with Crippen molar-refractivity contribution in [2.75, 3.05) is 0 Å². The summed E-state index contributed by atoms with van der Waals surface area (Å²) in [6, 6.07) is 49.0. The Morgan fingerprint density at radius 1 is 0.432 bits per heavy atom. The Hall–Kier alpha value is -6.61. The molecule has 0 amide bonds. The Bertz CT molecular complexity index is 2540. The van der Waals surface area contributed by atoms with E-state index >= 15 is 0 Å². The lowest BCUT2D eigenvalue weighted by Crippen LogP contribution is -2.01. The van der Waals surface area contributed by atoms with Crippen LogP contribution < -0.4 is 0 Å². The van der Waals surface area contributed by atoms with Gasteiger partial charge in [0, 0.05) is 32.8 Å². The molecule has 0 saturated carbocycles. The van der Waals surface area contributed by atoms with Gasteiger partial charge >= 0.3 is 0 Å². The minimum Gasteiger partial charge on any atom is -0.309 e. The Morgan fingerprint density at radius 3 is 1.66 bits per heavy atom. The number of fused-ring (bicyclic) bond motifs is 6. The van der Waals surface area contributed by atoms with Crippen LogP contribution in [0.15, 0.2) is 127 Å². The third-order valence-corrected chi connectivity index (χ3v) is 8.38. The Balaban J connectivity index is 1.46. The van der Waals surface area contributed by atoms with Crippen molar-refractivity contribution in [3.8, 4) is 40.7 Å². The van der Waals surface area contributed by atoms with Crippen molar-refractivity contribution in [1.29, 1.82) is 15.8 Å². The van der Waals surface area contributed by atoms with E-state index in [9.17, 15) is 15.8 Å². The molecule has 44 heavy (non-hydrogen) atoms. The summed E-state index contributed by atoms with van der Waals surface area (Å²) in [5, 5.41) is 34.4. The molecule has 2 heterocycles. The monoisotopic (exact) mass is 559 g/mol. The van der Waals surface area contributed by atoms with Crippen LogP contribution in [0.3, 0.4) is 0 Å². The molecule has 5 nitrogen and oxygen atoms in total. The van der Waals surface area contributed by atoms with Gasteiger partial charge in [0.1, 0.15) is 0 Å². The molecule has 0 unspecified atom stereocenters. The molecule has 8 aromatic rings. The summed E-state index contributed by atoms with van der Waals surface area (Å²) in [7, 11) is 0. The normalized spacial score (nSPS) is 11.1. The first kappa shape index (κ1) is 25.1. The standard InChI is InChI=1S/C39H21N5/c40-22-25-16-17-37-33(20-25)32-11-3-4-12-34(32)43(37)29-19-26(23-41)18-28(21-29)39-27(24-42)8-7-15-38(39)44-35-13-5-1-9-30(35)31-10-2-6-14-36(31)44/h1-21H. The lowest BCUT2D eigenvalue weighted by Gasteiger charge is -2.17. The largest absolute Gasteiger partial charge is 0.309 e. The van der Waals surface area contributed by atoms with E-state index in [1.807, 2.05) is 91.0 Å². The number of para-hydroxylation sites is 3. The van der Waals surface area contributed by atoms with Crippen molar-refractivity contribution in [3.05, 3.63) is 144 Å². The number of benzene rings is 6. The van der Waals surface area contributed by atoms with E-state index in [0.29, 0.717) is 16.7 Å². The van der Waals surface area contributed by atoms with E-state index in [4.69, 9.17) is 0 Å². The summed E-state index contributed by atoms with van der Waals surface area (Å²) in [4.78, 5) is 0. The van der Waals surface area contributed by atoms with Crippen LogP contribution in [-0.4, -0.2) is 9.13 Å². The summed E-state index contributed by atoms with van der Waals surface area (Å²) in [5.74, 6) is 0. The van der Waals surface area contributed by atoms with E-state index in [1.54, 1.807) is 0 Å².